The molecule has 1 N–H and O–H groups in total. The van der Waals surface area contributed by atoms with Crippen molar-refractivity contribution in [3.63, 3.8) is 0 Å². The van der Waals surface area contributed by atoms with Gasteiger partial charge in [-0.3, -0.25) is 4.40 Å². The molecule has 1 aliphatic heterocycles. The van der Waals surface area contributed by atoms with Gasteiger partial charge in [0.2, 0.25) is 12.6 Å². The lowest BCUT2D eigenvalue weighted by Crippen LogP contribution is -1.97. The van der Waals surface area contributed by atoms with Gasteiger partial charge >= 0.3 is 0 Å². The third-order valence-corrected chi connectivity index (χ3v) is 5.15. The minimum absolute atomic E-state index is 0.255. The van der Waals surface area contributed by atoms with Gasteiger partial charge in [-0.2, -0.15) is 0 Å². The number of aromatic nitrogens is 3. The first-order valence-electron chi connectivity index (χ1n) is 8.46. The van der Waals surface area contributed by atoms with E-state index in [2.05, 4.69) is 40.8 Å². The van der Waals surface area contributed by atoms with E-state index in [9.17, 15) is 0 Å². The number of anilines is 2. The highest BCUT2D eigenvalue weighted by atomic mass is 32.2. The van der Waals surface area contributed by atoms with Crippen LogP contribution in [0.3, 0.4) is 0 Å². The van der Waals surface area contributed by atoms with E-state index in [0.717, 1.165) is 34.3 Å². The average molecular weight is 376 g/mol. The van der Waals surface area contributed by atoms with Crippen LogP contribution in [0.4, 0.5) is 11.5 Å². The van der Waals surface area contributed by atoms with Crippen LogP contribution in [-0.4, -0.2) is 27.4 Å². The molecule has 6 nitrogen and oxygen atoms in total. The van der Waals surface area contributed by atoms with Gasteiger partial charge in [-0.15, -0.1) is 11.8 Å². The van der Waals surface area contributed by atoms with Gasteiger partial charge in [0.05, 0.1) is 0 Å². The Bertz CT molecular complexity index is 1120. The van der Waals surface area contributed by atoms with E-state index < -0.39 is 0 Å². The minimum Gasteiger partial charge on any atom is -0.454 e. The molecule has 2 aromatic heterocycles. The molecule has 0 saturated carbocycles. The second-order valence-corrected chi connectivity index (χ2v) is 6.90. The average Bonchev–Trinajstić information content (AvgIpc) is 3.33. The summed E-state index contributed by atoms with van der Waals surface area (Å²) < 4.78 is 12.8. The molecule has 4 aromatic rings. The molecular formula is C20H16N4O2S. The molecule has 0 atom stereocenters. The molecule has 27 heavy (non-hydrogen) atoms. The molecule has 7 heteroatoms. The van der Waals surface area contributed by atoms with Crippen LogP contribution in [0.5, 0.6) is 11.5 Å². The standard InChI is InChI=1S/C20H16N4O2S/c1-27-15-6-3-13(4-7-15)18-19(24-10-2-9-21-20(24)23-18)22-14-5-8-16-17(11-14)26-12-25-16/h2-11,22H,12H2,1H3. The lowest BCUT2D eigenvalue weighted by Gasteiger charge is -2.10. The van der Waals surface area contributed by atoms with Gasteiger partial charge in [0.25, 0.3) is 0 Å². The van der Waals surface area contributed by atoms with E-state index in [-0.39, 0.29) is 6.79 Å². The Morgan fingerprint density at radius 2 is 1.93 bits per heavy atom. The third kappa shape index (κ3) is 2.86. The molecule has 3 heterocycles. The number of nitrogens with zero attached hydrogens (tertiary/aromatic N) is 3. The van der Waals surface area contributed by atoms with Crippen molar-refractivity contribution in [3.8, 4) is 22.8 Å². The molecule has 0 radical (unpaired) electrons. The van der Waals surface area contributed by atoms with Crippen LogP contribution in [0.2, 0.25) is 0 Å². The second kappa shape index (κ2) is 6.51. The van der Waals surface area contributed by atoms with Gasteiger partial charge in [-0.25, -0.2) is 9.97 Å². The summed E-state index contributed by atoms with van der Waals surface area (Å²) in [6, 6.07) is 16.0. The number of hydrogen-bond donors (Lipinski definition) is 1. The van der Waals surface area contributed by atoms with Gasteiger partial charge < -0.3 is 14.8 Å². The number of thioether (sulfide) groups is 1. The summed E-state index contributed by atoms with van der Waals surface area (Å²) in [5, 5.41) is 3.47. The molecule has 0 fully saturated rings. The lowest BCUT2D eigenvalue weighted by atomic mass is 10.1. The van der Waals surface area contributed by atoms with Crippen molar-refractivity contribution in [2.75, 3.05) is 18.4 Å². The Morgan fingerprint density at radius 1 is 1.07 bits per heavy atom. The summed E-state index contributed by atoms with van der Waals surface area (Å²) in [6.45, 7) is 0.255. The molecule has 0 unspecified atom stereocenters. The summed E-state index contributed by atoms with van der Waals surface area (Å²) in [5.41, 5.74) is 2.77. The molecule has 0 spiro atoms. The first-order chi connectivity index (χ1) is 13.3. The van der Waals surface area contributed by atoms with Crippen molar-refractivity contribution in [3.05, 3.63) is 60.9 Å². The fraction of sp³-hybridized carbons (Fsp3) is 0.100. The predicted molar refractivity (Wildman–Crippen MR) is 106 cm³/mol. The largest absolute Gasteiger partial charge is 0.454 e. The molecule has 134 valence electrons. The number of nitrogens with one attached hydrogen (secondary N) is 1. The third-order valence-electron chi connectivity index (χ3n) is 4.40. The van der Waals surface area contributed by atoms with E-state index in [4.69, 9.17) is 14.5 Å². The smallest absolute Gasteiger partial charge is 0.235 e. The zero-order valence-electron chi connectivity index (χ0n) is 14.5. The summed E-state index contributed by atoms with van der Waals surface area (Å²) in [6.07, 6.45) is 5.76. The SMILES string of the molecule is CSc1ccc(-c2nc3ncccn3c2Nc2ccc3c(c2)OCO3)cc1. The molecule has 2 aromatic carbocycles. The molecule has 0 saturated heterocycles. The maximum Gasteiger partial charge on any atom is 0.235 e. The predicted octanol–water partition coefficient (Wildman–Crippen LogP) is 4.59. The van der Waals surface area contributed by atoms with Gasteiger partial charge in [0.15, 0.2) is 11.5 Å². The van der Waals surface area contributed by atoms with Crippen LogP contribution in [0.15, 0.2) is 65.8 Å². The Labute approximate surface area is 160 Å². The number of rotatable bonds is 4. The zero-order chi connectivity index (χ0) is 18.2. The number of imidazole rings is 1. The molecular weight excluding hydrogens is 360 g/mol. The van der Waals surface area contributed by atoms with Crippen LogP contribution in [0, 0.1) is 0 Å². The maximum atomic E-state index is 5.49. The Hall–Kier alpha value is -3.19. The Balaban J connectivity index is 1.61. The van der Waals surface area contributed by atoms with Crippen molar-refractivity contribution in [2.24, 2.45) is 0 Å². The molecule has 0 amide bonds. The maximum absolute atomic E-state index is 5.49. The molecule has 0 bridgehead atoms. The van der Waals surface area contributed by atoms with Crippen LogP contribution in [0.1, 0.15) is 0 Å². The van der Waals surface area contributed by atoms with E-state index in [1.165, 1.54) is 4.90 Å². The van der Waals surface area contributed by atoms with Crippen LogP contribution < -0.4 is 14.8 Å². The first kappa shape index (κ1) is 16.0. The zero-order valence-corrected chi connectivity index (χ0v) is 15.4. The summed E-state index contributed by atoms with van der Waals surface area (Å²) in [4.78, 5) is 10.3. The summed E-state index contributed by atoms with van der Waals surface area (Å²) in [5.74, 6) is 2.99. The highest BCUT2D eigenvalue weighted by molar-refractivity contribution is 7.98. The monoisotopic (exact) mass is 376 g/mol. The van der Waals surface area contributed by atoms with Crippen molar-refractivity contribution >= 4 is 29.0 Å². The first-order valence-corrected chi connectivity index (χ1v) is 9.68. The Morgan fingerprint density at radius 3 is 2.78 bits per heavy atom. The fourth-order valence-electron chi connectivity index (χ4n) is 3.07. The molecule has 1 aliphatic rings. The summed E-state index contributed by atoms with van der Waals surface area (Å²) >= 11 is 1.72. The van der Waals surface area contributed by atoms with Crippen LogP contribution >= 0.6 is 11.8 Å². The van der Waals surface area contributed by atoms with Crippen molar-refractivity contribution in [1.29, 1.82) is 0 Å². The molecule has 0 aliphatic carbocycles. The highest BCUT2D eigenvalue weighted by Crippen LogP contribution is 2.37. The van der Waals surface area contributed by atoms with Gasteiger partial charge in [0.1, 0.15) is 11.5 Å². The number of benzene rings is 2. The van der Waals surface area contributed by atoms with Crippen LogP contribution in [0.25, 0.3) is 17.0 Å². The van der Waals surface area contributed by atoms with Crippen molar-refractivity contribution in [2.45, 2.75) is 4.90 Å². The normalized spacial score (nSPS) is 12.5. The minimum atomic E-state index is 0.255. The van der Waals surface area contributed by atoms with E-state index >= 15 is 0 Å². The number of ether oxygens (including phenoxy) is 2. The van der Waals surface area contributed by atoms with Crippen LogP contribution in [-0.2, 0) is 0 Å². The van der Waals surface area contributed by atoms with Gasteiger partial charge in [-0.05, 0) is 36.6 Å². The molecule has 5 rings (SSSR count). The second-order valence-electron chi connectivity index (χ2n) is 6.02. The van der Waals surface area contributed by atoms with E-state index in [0.29, 0.717) is 5.78 Å². The van der Waals surface area contributed by atoms with Gasteiger partial charge in [-0.1, -0.05) is 12.1 Å². The number of fused-ring (bicyclic) bond motifs is 2. The van der Waals surface area contributed by atoms with Crippen molar-refractivity contribution < 1.29 is 9.47 Å². The lowest BCUT2D eigenvalue weighted by molar-refractivity contribution is 0.174. The highest BCUT2D eigenvalue weighted by Gasteiger charge is 2.17. The Kier molecular flexibility index (Phi) is 3.86. The quantitative estimate of drug-likeness (QED) is 0.526. The fourth-order valence-corrected chi connectivity index (χ4v) is 3.48. The number of hydrogen-bond acceptors (Lipinski definition) is 6. The van der Waals surface area contributed by atoms with Crippen molar-refractivity contribution in [1.82, 2.24) is 14.4 Å². The van der Waals surface area contributed by atoms with E-state index in [1.807, 2.05) is 34.9 Å². The van der Waals surface area contributed by atoms with E-state index in [1.54, 1.807) is 18.0 Å². The van der Waals surface area contributed by atoms with Gasteiger partial charge in [0, 0.05) is 34.6 Å². The summed E-state index contributed by atoms with van der Waals surface area (Å²) in [7, 11) is 0. The topological polar surface area (TPSA) is 60.7 Å².